The van der Waals surface area contributed by atoms with Crippen LogP contribution in [0.25, 0.3) is 0 Å². The number of benzene rings is 2. The molecule has 0 N–H and O–H groups in total. The van der Waals surface area contributed by atoms with Crippen molar-refractivity contribution in [3.8, 4) is 5.75 Å². The largest absolute Gasteiger partial charge is 0.486 e. The highest BCUT2D eigenvalue weighted by Gasteiger charge is 2.10. The van der Waals surface area contributed by atoms with Gasteiger partial charge in [0.1, 0.15) is 18.2 Å². The summed E-state index contributed by atoms with van der Waals surface area (Å²) in [5.74, 6) is -0.170. The monoisotopic (exact) mass is 312 g/mol. The van der Waals surface area contributed by atoms with Crippen LogP contribution in [0.1, 0.15) is 5.56 Å². The molecule has 0 unspecified atom stereocenters. The smallest absolute Gasteiger partial charge is 0.174 e. The van der Waals surface area contributed by atoms with E-state index in [0.29, 0.717) is 16.3 Å². The molecule has 0 spiro atoms. The first-order chi connectivity index (χ1) is 9.56. The number of ether oxygens (including phenoxy) is 1. The zero-order valence-electron chi connectivity index (χ0n) is 10.4. The number of carbonyl (C=O) groups excluding carboxylic acids is 1. The van der Waals surface area contributed by atoms with Crippen LogP contribution in [0.4, 0.5) is 4.39 Å². The van der Waals surface area contributed by atoms with Gasteiger partial charge < -0.3 is 4.74 Å². The van der Waals surface area contributed by atoms with E-state index in [0.717, 1.165) is 0 Å². The van der Waals surface area contributed by atoms with Crippen LogP contribution in [0.2, 0.25) is 10.0 Å². The summed E-state index contributed by atoms with van der Waals surface area (Å²) in [7, 11) is 0. The molecule has 2 nitrogen and oxygen atoms in total. The van der Waals surface area contributed by atoms with Gasteiger partial charge in [0.25, 0.3) is 0 Å². The minimum atomic E-state index is -0.532. The first-order valence-electron chi connectivity index (χ1n) is 5.89. The SMILES string of the molecule is O=C(COc1ccc(Cl)cc1)Cc1cccc(F)c1Cl. The molecule has 0 radical (unpaired) electrons. The average molecular weight is 313 g/mol. The Hall–Kier alpha value is -1.58. The Balaban J connectivity index is 1.92. The zero-order valence-corrected chi connectivity index (χ0v) is 11.9. The van der Waals surface area contributed by atoms with Crippen molar-refractivity contribution in [2.75, 3.05) is 6.61 Å². The molecule has 0 fully saturated rings. The third-order valence-electron chi connectivity index (χ3n) is 2.63. The number of Topliss-reactive ketones (excluding diaryl/α,β-unsaturated/α-hetero) is 1. The molecule has 0 aliphatic rings. The predicted octanol–water partition coefficient (Wildman–Crippen LogP) is 4.32. The van der Waals surface area contributed by atoms with Gasteiger partial charge in [-0.3, -0.25) is 4.79 Å². The molecule has 5 heteroatoms. The molecule has 0 amide bonds. The fourth-order valence-electron chi connectivity index (χ4n) is 1.64. The Labute approximate surface area is 126 Å². The Morgan fingerprint density at radius 3 is 2.50 bits per heavy atom. The lowest BCUT2D eigenvalue weighted by Gasteiger charge is -2.07. The number of ketones is 1. The maximum absolute atomic E-state index is 13.2. The molecule has 0 saturated heterocycles. The highest BCUT2D eigenvalue weighted by molar-refractivity contribution is 6.31. The normalized spacial score (nSPS) is 10.3. The van der Waals surface area contributed by atoms with Crippen LogP contribution in [-0.4, -0.2) is 12.4 Å². The van der Waals surface area contributed by atoms with E-state index in [4.69, 9.17) is 27.9 Å². The third kappa shape index (κ3) is 3.95. The van der Waals surface area contributed by atoms with E-state index >= 15 is 0 Å². The summed E-state index contributed by atoms with van der Waals surface area (Å²) in [4.78, 5) is 11.8. The van der Waals surface area contributed by atoms with Crippen molar-refractivity contribution < 1.29 is 13.9 Å². The lowest BCUT2D eigenvalue weighted by molar-refractivity contribution is -0.120. The first-order valence-corrected chi connectivity index (χ1v) is 6.65. The van der Waals surface area contributed by atoms with E-state index in [1.54, 1.807) is 30.3 Å². The molecule has 2 aromatic rings. The maximum Gasteiger partial charge on any atom is 0.174 e. The fraction of sp³-hybridized carbons (Fsp3) is 0.133. The van der Waals surface area contributed by atoms with Crippen molar-refractivity contribution in [1.82, 2.24) is 0 Å². The van der Waals surface area contributed by atoms with Gasteiger partial charge in [0, 0.05) is 11.4 Å². The summed E-state index contributed by atoms with van der Waals surface area (Å²) in [6, 6.07) is 11.1. The minimum absolute atomic E-state index is 0.0210. The van der Waals surface area contributed by atoms with Crippen molar-refractivity contribution in [2.24, 2.45) is 0 Å². The predicted molar refractivity (Wildman–Crippen MR) is 77.1 cm³/mol. The van der Waals surface area contributed by atoms with Gasteiger partial charge in [0.15, 0.2) is 5.78 Å². The molecular formula is C15H11Cl2FO2. The zero-order chi connectivity index (χ0) is 14.5. The molecule has 0 aromatic heterocycles. The Morgan fingerprint density at radius 1 is 1.10 bits per heavy atom. The van der Waals surface area contributed by atoms with Crippen LogP contribution in [0.5, 0.6) is 5.75 Å². The second kappa shape index (κ2) is 6.73. The summed E-state index contributed by atoms with van der Waals surface area (Å²) in [5.41, 5.74) is 0.455. The van der Waals surface area contributed by atoms with Crippen LogP contribution in [-0.2, 0) is 11.2 Å². The number of halogens is 3. The summed E-state index contributed by atoms with van der Waals surface area (Å²) in [5, 5.41) is 0.572. The van der Waals surface area contributed by atoms with Crippen LogP contribution >= 0.6 is 23.2 Å². The van der Waals surface area contributed by atoms with Gasteiger partial charge in [-0.25, -0.2) is 4.39 Å². The lowest BCUT2D eigenvalue weighted by atomic mass is 10.1. The van der Waals surface area contributed by atoms with Crippen LogP contribution in [0, 0.1) is 5.82 Å². The minimum Gasteiger partial charge on any atom is -0.486 e. The topological polar surface area (TPSA) is 26.3 Å². The van der Waals surface area contributed by atoms with Crippen molar-refractivity contribution in [1.29, 1.82) is 0 Å². The average Bonchev–Trinajstić information content (AvgIpc) is 2.43. The Bertz CT molecular complexity index is 612. The Kier molecular flexibility index (Phi) is 4.99. The van der Waals surface area contributed by atoms with Crippen LogP contribution in [0.3, 0.4) is 0 Å². The standard InChI is InChI=1S/C15H11Cl2FO2/c16-11-4-6-13(7-5-11)20-9-12(19)8-10-2-1-3-14(18)15(10)17/h1-7H,8-9H2. The van der Waals surface area contributed by atoms with Gasteiger partial charge in [-0.1, -0.05) is 35.3 Å². The Morgan fingerprint density at radius 2 is 1.80 bits per heavy atom. The molecule has 104 valence electrons. The molecule has 0 heterocycles. The van der Waals surface area contributed by atoms with Gasteiger partial charge in [-0.05, 0) is 35.9 Å². The fourth-order valence-corrected chi connectivity index (χ4v) is 1.96. The van der Waals surface area contributed by atoms with Crippen LogP contribution < -0.4 is 4.74 Å². The number of rotatable bonds is 5. The van der Waals surface area contributed by atoms with E-state index in [1.807, 2.05) is 0 Å². The number of carbonyl (C=O) groups is 1. The summed E-state index contributed by atoms with van der Waals surface area (Å²) in [6.07, 6.45) is 0.0319. The molecule has 0 bridgehead atoms. The quantitative estimate of drug-likeness (QED) is 0.821. The molecule has 2 aromatic carbocycles. The molecule has 20 heavy (non-hydrogen) atoms. The van der Waals surface area contributed by atoms with Crippen molar-refractivity contribution in [3.05, 3.63) is 63.9 Å². The first kappa shape index (κ1) is 14.8. The molecule has 0 aliphatic carbocycles. The second-order valence-electron chi connectivity index (χ2n) is 4.17. The number of hydrogen-bond donors (Lipinski definition) is 0. The van der Waals surface area contributed by atoms with Crippen molar-refractivity contribution in [3.63, 3.8) is 0 Å². The van der Waals surface area contributed by atoms with E-state index < -0.39 is 5.82 Å². The second-order valence-corrected chi connectivity index (χ2v) is 4.99. The van der Waals surface area contributed by atoms with Gasteiger partial charge in [-0.15, -0.1) is 0 Å². The van der Waals surface area contributed by atoms with E-state index in [-0.39, 0.29) is 23.8 Å². The van der Waals surface area contributed by atoms with Gasteiger partial charge in [0.05, 0.1) is 5.02 Å². The lowest BCUT2D eigenvalue weighted by Crippen LogP contribution is -2.14. The number of hydrogen-bond acceptors (Lipinski definition) is 2. The summed E-state index contributed by atoms with van der Waals surface area (Å²) < 4.78 is 18.6. The van der Waals surface area contributed by atoms with Crippen molar-refractivity contribution >= 4 is 29.0 Å². The molecule has 0 saturated carbocycles. The summed E-state index contributed by atoms with van der Waals surface area (Å²) >= 11 is 11.5. The van der Waals surface area contributed by atoms with Crippen LogP contribution in [0.15, 0.2) is 42.5 Å². The van der Waals surface area contributed by atoms with E-state index in [2.05, 4.69) is 0 Å². The maximum atomic E-state index is 13.2. The molecular weight excluding hydrogens is 302 g/mol. The molecule has 2 rings (SSSR count). The van der Waals surface area contributed by atoms with Gasteiger partial charge in [-0.2, -0.15) is 0 Å². The highest BCUT2D eigenvalue weighted by atomic mass is 35.5. The summed E-state index contributed by atoms with van der Waals surface area (Å²) in [6.45, 7) is -0.103. The van der Waals surface area contributed by atoms with E-state index in [1.165, 1.54) is 12.1 Å². The van der Waals surface area contributed by atoms with Crippen molar-refractivity contribution in [2.45, 2.75) is 6.42 Å². The molecule has 0 atom stereocenters. The van der Waals surface area contributed by atoms with E-state index in [9.17, 15) is 9.18 Å². The third-order valence-corrected chi connectivity index (χ3v) is 3.31. The van der Waals surface area contributed by atoms with Gasteiger partial charge >= 0.3 is 0 Å². The highest BCUT2D eigenvalue weighted by Crippen LogP contribution is 2.20. The van der Waals surface area contributed by atoms with Gasteiger partial charge in [0.2, 0.25) is 0 Å². The molecule has 0 aliphatic heterocycles.